The van der Waals surface area contributed by atoms with E-state index in [0.717, 1.165) is 37.0 Å². The summed E-state index contributed by atoms with van der Waals surface area (Å²) >= 11 is 0. The Balaban J connectivity index is 1.45. The maximum absolute atomic E-state index is 14.3. The van der Waals surface area contributed by atoms with Gasteiger partial charge < -0.3 is 4.74 Å². The van der Waals surface area contributed by atoms with E-state index in [-0.39, 0.29) is 11.3 Å². The predicted octanol–water partition coefficient (Wildman–Crippen LogP) is 8.30. The van der Waals surface area contributed by atoms with Gasteiger partial charge in [0.05, 0.1) is 12.2 Å². The number of hydrogen-bond acceptors (Lipinski definition) is 1. The van der Waals surface area contributed by atoms with E-state index in [1.807, 2.05) is 6.92 Å². The molecular formula is C28H40F2O. The second kappa shape index (κ2) is 12.5. The summed E-state index contributed by atoms with van der Waals surface area (Å²) in [6.07, 6.45) is 16.7. The van der Waals surface area contributed by atoms with E-state index in [2.05, 4.69) is 18.8 Å². The van der Waals surface area contributed by atoms with Crippen LogP contribution in [0, 0.1) is 47.1 Å². The molecule has 0 radical (unpaired) electrons. The van der Waals surface area contributed by atoms with Gasteiger partial charge in [0.1, 0.15) is 0 Å². The maximum Gasteiger partial charge on any atom is 0.201 e. The van der Waals surface area contributed by atoms with Crippen molar-refractivity contribution in [2.45, 2.75) is 97.3 Å². The number of hydrogen-bond donors (Lipinski definition) is 0. The summed E-state index contributed by atoms with van der Waals surface area (Å²) in [5, 5.41) is 0. The molecule has 0 N–H and O–H groups in total. The first-order valence-electron chi connectivity index (χ1n) is 12.7. The van der Waals surface area contributed by atoms with E-state index in [0.29, 0.717) is 12.5 Å². The zero-order chi connectivity index (χ0) is 22.1. The van der Waals surface area contributed by atoms with Crippen molar-refractivity contribution in [1.82, 2.24) is 0 Å². The quantitative estimate of drug-likeness (QED) is 0.298. The molecule has 0 spiro atoms. The standard InChI is InChI=1S/C28H40F2O/c1-3-5-6-7-21-8-13-23(14-9-21)24-15-10-22(11-16-24)12-17-25-18-19-26(31-20-4-2)28(30)27(25)29/h18-19,21-24H,3-11,13-16,20H2,1-2H3/t21-,22?,23-,24?. The molecule has 2 aliphatic rings. The zero-order valence-corrected chi connectivity index (χ0v) is 19.5. The minimum Gasteiger partial charge on any atom is -0.490 e. The monoisotopic (exact) mass is 430 g/mol. The van der Waals surface area contributed by atoms with Crippen molar-refractivity contribution in [2.24, 2.45) is 23.7 Å². The highest BCUT2D eigenvalue weighted by Crippen LogP contribution is 2.42. The van der Waals surface area contributed by atoms with Gasteiger partial charge in [-0.1, -0.05) is 64.2 Å². The molecule has 0 atom stereocenters. The zero-order valence-electron chi connectivity index (χ0n) is 19.5. The molecule has 0 aromatic heterocycles. The van der Waals surface area contributed by atoms with Gasteiger partial charge in [-0.25, -0.2) is 4.39 Å². The van der Waals surface area contributed by atoms with Crippen LogP contribution in [0.1, 0.15) is 103 Å². The molecule has 2 fully saturated rings. The fraction of sp³-hybridized carbons (Fsp3) is 0.714. The minimum atomic E-state index is -0.922. The Kier molecular flexibility index (Phi) is 9.69. The molecule has 2 saturated carbocycles. The van der Waals surface area contributed by atoms with E-state index in [9.17, 15) is 8.78 Å². The molecule has 0 saturated heterocycles. The molecule has 1 aromatic rings. The van der Waals surface area contributed by atoms with Gasteiger partial charge in [0.25, 0.3) is 0 Å². The first-order valence-corrected chi connectivity index (χ1v) is 12.7. The number of ether oxygens (including phenoxy) is 1. The average molecular weight is 431 g/mol. The van der Waals surface area contributed by atoms with Crippen LogP contribution in [0.25, 0.3) is 0 Å². The van der Waals surface area contributed by atoms with E-state index in [4.69, 9.17) is 4.74 Å². The number of unbranched alkanes of at least 4 members (excludes halogenated alkanes) is 2. The molecular weight excluding hydrogens is 390 g/mol. The predicted molar refractivity (Wildman–Crippen MR) is 124 cm³/mol. The summed E-state index contributed by atoms with van der Waals surface area (Å²) in [5.74, 6) is 7.34. The summed E-state index contributed by atoms with van der Waals surface area (Å²) in [6, 6.07) is 3.04. The van der Waals surface area contributed by atoms with Crippen LogP contribution in [0.5, 0.6) is 5.75 Å². The van der Waals surface area contributed by atoms with Crippen molar-refractivity contribution in [3.8, 4) is 17.6 Å². The lowest BCUT2D eigenvalue weighted by Gasteiger charge is -2.37. The van der Waals surface area contributed by atoms with Crippen molar-refractivity contribution in [3.63, 3.8) is 0 Å². The molecule has 0 heterocycles. The highest BCUT2D eigenvalue weighted by Gasteiger charge is 2.30. The van der Waals surface area contributed by atoms with Crippen LogP contribution < -0.4 is 4.74 Å². The van der Waals surface area contributed by atoms with Crippen molar-refractivity contribution >= 4 is 0 Å². The summed E-state index contributed by atoms with van der Waals surface area (Å²) in [7, 11) is 0. The van der Waals surface area contributed by atoms with Crippen LogP contribution in [-0.2, 0) is 0 Å². The Morgan fingerprint density at radius 3 is 2.16 bits per heavy atom. The molecule has 0 bridgehead atoms. The van der Waals surface area contributed by atoms with E-state index in [1.165, 1.54) is 70.3 Å². The van der Waals surface area contributed by atoms with E-state index < -0.39 is 11.6 Å². The summed E-state index contributed by atoms with van der Waals surface area (Å²) in [4.78, 5) is 0. The van der Waals surface area contributed by atoms with Crippen LogP contribution in [0.4, 0.5) is 8.78 Å². The van der Waals surface area contributed by atoms with Gasteiger partial charge in [0, 0.05) is 5.92 Å². The van der Waals surface area contributed by atoms with E-state index >= 15 is 0 Å². The molecule has 0 aliphatic heterocycles. The van der Waals surface area contributed by atoms with Crippen molar-refractivity contribution in [2.75, 3.05) is 6.61 Å². The molecule has 3 heteroatoms. The Labute approximate surface area is 188 Å². The first-order chi connectivity index (χ1) is 15.1. The fourth-order valence-corrected chi connectivity index (χ4v) is 5.50. The SMILES string of the molecule is CCCCC[C@H]1CC[C@H](C2CCC(C#Cc3ccc(OCCC)c(F)c3F)CC2)CC1. The van der Waals surface area contributed by atoms with Gasteiger partial charge in [-0.15, -0.1) is 0 Å². The average Bonchev–Trinajstić information content (AvgIpc) is 2.80. The number of halogens is 2. The maximum atomic E-state index is 14.3. The molecule has 2 aliphatic carbocycles. The molecule has 3 rings (SSSR count). The van der Waals surface area contributed by atoms with Gasteiger partial charge in [0.15, 0.2) is 11.6 Å². The molecule has 0 unspecified atom stereocenters. The molecule has 1 nitrogen and oxygen atoms in total. The molecule has 1 aromatic carbocycles. The van der Waals surface area contributed by atoms with Crippen LogP contribution in [0.2, 0.25) is 0 Å². The Morgan fingerprint density at radius 1 is 0.839 bits per heavy atom. The molecule has 0 amide bonds. The Bertz CT molecular complexity index is 731. The second-order valence-corrected chi connectivity index (χ2v) is 9.75. The van der Waals surface area contributed by atoms with Crippen LogP contribution >= 0.6 is 0 Å². The topological polar surface area (TPSA) is 9.23 Å². The Morgan fingerprint density at radius 2 is 1.52 bits per heavy atom. The van der Waals surface area contributed by atoms with Gasteiger partial charge in [-0.2, -0.15) is 4.39 Å². The van der Waals surface area contributed by atoms with Gasteiger partial charge in [-0.05, 0) is 74.8 Å². The van der Waals surface area contributed by atoms with Gasteiger partial charge in [0.2, 0.25) is 5.82 Å². The lowest BCUT2D eigenvalue weighted by molar-refractivity contribution is 0.153. The summed E-state index contributed by atoms with van der Waals surface area (Å²) in [5.41, 5.74) is 0.143. The second-order valence-electron chi connectivity index (χ2n) is 9.75. The highest BCUT2D eigenvalue weighted by atomic mass is 19.2. The normalized spacial score (nSPS) is 26.2. The highest BCUT2D eigenvalue weighted by molar-refractivity contribution is 5.41. The Hall–Kier alpha value is -1.56. The first kappa shape index (κ1) is 24.1. The van der Waals surface area contributed by atoms with Crippen molar-refractivity contribution < 1.29 is 13.5 Å². The largest absolute Gasteiger partial charge is 0.490 e. The third kappa shape index (κ3) is 6.96. The number of rotatable bonds is 8. The van der Waals surface area contributed by atoms with Gasteiger partial charge >= 0.3 is 0 Å². The third-order valence-corrected chi connectivity index (χ3v) is 7.47. The summed E-state index contributed by atoms with van der Waals surface area (Å²) < 4.78 is 33.7. The number of benzene rings is 1. The lowest BCUT2D eigenvalue weighted by Crippen LogP contribution is -2.25. The van der Waals surface area contributed by atoms with Crippen LogP contribution in [0.3, 0.4) is 0 Å². The minimum absolute atomic E-state index is 0.0227. The molecule has 172 valence electrons. The van der Waals surface area contributed by atoms with Crippen LogP contribution in [0.15, 0.2) is 12.1 Å². The lowest BCUT2D eigenvalue weighted by atomic mass is 9.69. The van der Waals surface area contributed by atoms with Crippen LogP contribution in [-0.4, -0.2) is 6.61 Å². The van der Waals surface area contributed by atoms with Gasteiger partial charge in [-0.3, -0.25) is 0 Å². The third-order valence-electron chi connectivity index (χ3n) is 7.47. The smallest absolute Gasteiger partial charge is 0.201 e. The van der Waals surface area contributed by atoms with Crippen molar-refractivity contribution in [1.29, 1.82) is 0 Å². The van der Waals surface area contributed by atoms with Crippen molar-refractivity contribution in [3.05, 3.63) is 29.3 Å². The summed E-state index contributed by atoms with van der Waals surface area (Å²) in [6.45, 7) is 4.60. The molecule has 31 heavy (non-hydrogen) atoms. The fourth-order valence-electron chi connectivity index (χ4n) is 5.50. The van der Waals surface area contributed by atoms with E-state index in [1.54, 1.807) is 6.07 Å².